The molecule has 1 atom stereocenters. The number of pyridine rings is 1. The summed E-state index contributed by atoms with van der Waals surface area (Å²) >= 11 is 0. The van der Waals surface area contributed by atoms with Crippen molar-refractivity contribution in [3.8, 4) is 0 Å². The number of piperidine rings is 1. The van der Waals surface area contributed by atoms with Gasteiger partial charge in [-0.3, -0.25) is 9.78 Å². The van der Waals surface area contributed by atoms with E-state index in [1.54, 1.807) is 16.9 Å². The summed E-state index contributed by atoms with van der Waals surface area (Å²) in [5, 5.41) is 4.47. The summed E-state index contributed by atoms with van der Waals surface area (Å²) in [6.07, 6.45) is 5.67. The Morgan fingerprint density at radius 3 is 2.80 bits per heavy atom. The number of nitrogens with zero attached hydrogens (tertiary/aromatic N) is 5. The molecule has 1 aliphatic heterocycles. The van der Waals surface area contributed by atoms with E-state index in [0.717, 1.165) is 37.3 Å². The minimum atomic E-state index is -0.0252. The van der Waals surface area contributed by atoms with Gasteiger partial charge in [-0.1, -0.05) is 0 Å². The molecule has 0 unspecified atom stereocenters. The number of anilines is 2. The molecule has 0 radical (unpaired) electrons. The van der Waals surface area contributed by atoms with Crippen LogP contribution in [0.25, 0.3) is 0 Å². The Morgan fingerprint density at radius 2 is 2.12 bits per heavy atom. The number of rotatable bonds is 4. The lowest BCUT2D eigenvalue weighted by atomic mass is 10.0. The standard InChI is InChI=1S/C19H27N5O/c1-14(2)22(4)18-11-19(25)24(21-12-18)17-6-5-9-23(13-17)16-7-8-20-15(3)10-16/h7-8,10-12,14,17H,5-6,9,13H2,1-4H3/t17-/m0/s1. The van der Waals surface area contributed by atoms with Crippen LogP contribution in [-0.2, 0) is 0 Å². The number of aromatic nitrogens is 3. The molecule has 1 saturated heterocycles. The predicted molar refractivity (Wildman–Crippen MR) is 101 cm³/mol. The van der Waals surface area contributed by atoms with Gasteiger partial charge in [-0.15, -0.1) is 0 Å². The Morgan fingerprint density at radius 1 is 1.32 bits per heavy atom. The van der Waals surface area contributed by atoms with Gasteiger partial charge in [0, 0.05) is 49.8 Å². The summed E-state index contributed by atoms with van der Waals surface area (Å²) in [4.78, 5) is 21.3. The highest BCUT2D eigenvalue weighted by Crippen LogP contribution is 2.25. The SMILES string of the molecule is Cc1cc(N2CCC[C@H](n3ncc(N(C)C(C)C)cc3=O)C2)ccn1. The minimum Gasteiger partial charge on any atom is -0.371 e. The van der Waals surface area contributed by atoms with Crippen LogP contribution in [-0.4, -0.2) is 40.9 Å². The molecular formula is C19H27N5O. The summed E-state index contributed by atoms with van der Waals surface area (Å²) in [5.41, 5.74) is 3.02. The highest BCUT2D eigenvalue weighted by Gasteiger charge is 2.23. The first-order valence-electron chi connectivity index (χ1n) is 8.95. The first kappa shape index (κ1) is 17.5. The molecule has 0 N–H and O–H groups in total. The van der Waals surface area contributed by atoms with Crippen molar-refractivity contribution in [2.75, 3.05) is 29.9 Å². The van der Waals surface area contributed by atoms with Gasteiger partial charge in [-0.25, -0.2) is 4.68 Å². The molecule has 0 spiro atoms. The smallest absolute Gasteiger partial charge is 0.269 e. The van der Waals surface area contributed by atoms with E-state index in [1.807, 2.05) is 26.2 Å². The van der Waals surface area contributed by atoms with Crippen LogP contribution < -0.4 is 15.4 Å². The Balaban J connectivity index is 1.81. The van der Waals surface area contributed by atoms with E-state index in [4.69, 9.17) is 0 Å². The molecule has 1 aliphatic rings. The van der Waals surface area contributed by atoms with Gasteiger partial charge in [0.25, 0.3) is 5.56 Å². The molecule has 0 aliphatic carbocycles. The fraction of sp³-hybridized carbons (Fsp3) is 0.526. The molecule has 2 aromatic heterocycles. The van der Waals surface area contributed by atoms with Gasteiger partial charge < -0.3 is 9.80 Å². The van der Waals surface area contributed by atoms with Gasteiger partial charge in [-0.05, 0) is 45.7 Å². The first-order valence-corrected chi connectivity index (χ1v) is 8.95. The molecule has 0 saturated carbocycles. The van der Waals surface area contributed by atoms with Gasteiger partial charge >= 0.3 is 0 Å². The van der Waals surface area contributed by atoms with Gasteiger partial charge in [0.05, 0.1) is 17.9 Å². The Kier molecular flexibility index (Phi) is 5.06. The Labute approximate surface area is 149 Å². The molecule has 0 bridgehead atoms. The lowest BCUT2D eigenvalue weighted by molar-refractivity contribution is 0.362. The van der Waals surface area contributed by atoms with Crippen molar-refractivity contribution < 1.29 is 0 Å². The third kappa shape index (κ3) is 3.83. The Hall–Kier alpha value is -2.37. The third-order valence-corrected chi connectivity index (χ3v) is 4.98. The van der Waals surface area contributed by atoms with Crippen molar-refractivity contribution in [2.45, 2.75) is 45.7 Å². The molecular weight excluding hydrogens is 314 g/mol. The predicted octanol–water partition coefficient (Wildman–Crippen LogP) is 2.63. The van der Waals surface area contributed by atoms with Crippen LogP contribution in [0.1, 0.15) is 38.4 Å². The van der Waals surface area contributed by atoms with Gasteiger partial charge in [0.2, 0.25) is 0 Å². The highest BCUT2D eigenvalue weighted by molar-refractivity contribution is 5.47. The van der Waals surface area contributed by atoms with Crippen LogP contribution in [0, 0.1) is 6.92 Å². The second-order valence-corrected chi connectivity index (χ2v) is 7.10. The molecule has 1 fully saturated rings. The number of aryl methyl sites for hydroxylation is 1. The molecule has 25 heavy (non-hydrogen) atoms. The number of hydrogen-bond acceptors (Lipinski definition) is 5. The first-order chi connectivity index (χ1) is 12.0. The Bertz CT molecular complexity index is 785. The molecule has 3 rings (SSSR count). The summed E-state index contributed by atoms with van der Waals surface area (Å²) < 4.78 is 1.65. The van der Waals surface area contributed by atoms with E-state index >= 15 is 0 Å². The zero-order valence-corrected chi connectivity index (χ0v) is 15.5. The molecule has 6 heteroatoms. The van der Waals surface area contributed by atoms with E-state index in [-0.39, 0.29) is 11.6 Å². The van der Waals surface area contributed by atoms with E-state index in [9.17, 15) is 4.79 Å². The van der Waals surface area contributed by atoms with Crippen LogP contribution >= 0.6 is 0 Å². The van der Waals surface area contributed by atoms with E-state index in [1.165, 1.54) is 5.69 Å². The molecule has 2 aromatic rings. The maximum Gasteiger partial charge on any atom is 0.269 e. The second kappa shape index (κ2) is 7.25. The summed E-state index contributed by atoms with van der Waals surface area (Å²) in [6.45, 7) is 8.00. The van der Waals surface area contributed by atoms with Crippen LogP contribution in [0.15, 0.2) is 35.4 Å². The van der Waals surface area contributed by atoms with Crippen molar-refractivity contribution in [3.05, 3.63) is 46.6 Å². The topological polar surface area (TPSA) is 54.3 Å². The lowest BCUT2D eigenvalue weighted by Crippen LogP contribution is -2.41. The van der Waals surface area contributed by atoms with Gasteiger partial charge in [0.15, 0.2) is 0 Å². The number of hydrogen-bond donors (Lipinski definition) is 0. The van der Waals surface area contributed by atoms with Crippen molar-refractivity contribution in [1.29, 1.82) is 0 Å². The van der Waals surface area contributed by atoms with Gasteiger partial charge in [-0.2, -0.15) is 5.10 Å². The zero-order valence-electron chi connectivity index (χ0n) is 15.5. The largest absolute Gasteiger partial charge is 0.371 e. The fourth-order valence-corrected chi connectivity index (χ4v) is 3.29. The maximum atomic E-state index is 12.6. The maximum absolute atomic E-state index is 12.6. The highest BCUT2D eigenvalue weighted by atomic mass is 16.1. The van der Waals surface area contributed by atoms with E-state index < -0.39 is 0 Å². The molecule has 134 valence electrons. The molecule has 0 amide bonds. The van der Waals surface area contributed by atoms with Crippen LogP contribution in [0.2, 0.25) is 0 Å². The molecule has 0 aromatic carbocycles. The lowest BCUT2D eigenvalue weighted by Gasteiger charge is -2.34. The minimum absolute atomic E-state index is 0.0252. The zero-order chi connectivity index (χ0) is 18.0. The monoisotopic (exact) mass is 341 g/mol. The summed E-state index contributed by atoms with van der Waals surface area (Å²) in [7, 11) is 1.99. The fourth-order valence-electron chi connectivity index (χ4n) is 3.29. The average molecular weight is 341 g/mol. The van der Waals surface area contributed by atoms with Crippen LogP contribution in [0.4, 0.5) is 11.4 Å². The molecule has 6 nitrogen and oxygen atoms in total. The second-order valence-electron chi connectivity index (χ2n) is 7.10. The van der Waals surface area contributed by atoms with E-state index in [2.05, 4.69) is 39.8 Å². The van der Waals surface area contributed by atoms with Gasteiger partial charge in [0.1, 0.15) is 0 Å². The quantitative estimate of drug-likeness (QED) is 0.856. The summed E-state index contributed by atoms with van der Waals surface area (Å²) in [5.74, 6) is 0. The average Bonchev–Trinajstić information content (AvgIpc) is 2.61. The van der Waals surface area contributed by atoms with Crippen molar-refractivity contribution >= 4 is 11.4 Å². The van der Waals surface area contributed by atoms with E-state index in [0.29, 0.717) is 6.04 Å². The molecule has 3 heterocycles. The van der Waals surface area contributed by atoms with Crippen LogP contribution in [0.3, 0.4) is 0 Å². The normalized spacial score (nSPS) is 17.8. The third-order valence-electron chi connectivity index (χ3n) is 4.98. The summed E-state index contributed by atoms with van der Waals surface area (Å²) in [6, 6.07) is 6.26. The van der Waals surface area contributed by atoms with Crippen molar-refractivity contribution in [1.82, 2.24) is 14.8 Å². The van der Waals surface area contributed by atoms with Crippen LogP contribution in [0.5, 0.6) is 0 Å². The van der Waals surface area contributed by atoms with Crippen molar-refractivity contribution in [2.24, 2.45) is 0 Å². The van der Waals surface area contributed by atoms with Crippen molar-refractivity contribution in [3.63, 3.8) is 0 Å².